The number of aromatic nitrogens is 1. The van der Waals surface area contributed by atoms with Gasteiger partial charge in [0, 0.05) is 5.56 Å². The summed E-state index contributed by atoms with van der Waals surface area (Å²) in [7, 11) is 4.19. The molecule has 0 aliphatic rings. The highest BCUT2D eigenvalue weighted by Gasteiger charge is 2.22. The van der Waals surface area contributed by atoms with E-state index in [-0.39, 0.29) is 5.91 Å². The Labute approximate surface area is 152 Å². The molecule has 25 heavy (non-hydrogen) atoms. The molecule has 0 atom stereocenters. The number of carbonyl (C=O) groups excluding carboxylic acids is 1. The zero-order valence-electron chi connectivity index (χ0n) is 15.2. The molecule has 2 aromatic carbocycles. The third-order valence-electron chi connectivity index (χ3n) is 4.41. The maximum atomic E-state index is 13.1. The highest BCUT2D eigenvalue weighted by Crippen LogP contribution is 2.32. The Balaban J connectivity index is 2.02. The molecular formula is C20H24N3OS+. The van der Waals surface area contributed by atoms with Crippen LogP contribution in [0.25, 0.3) is 10.2 Å². The van der Waals surface area contributed by atoms with Gasteiger partial charge in [0.25, 0.3) is 5.91 Å². The van der Waals surface area contributed by atoms with E-state index in [0.717, 1.165) is 21.9 Å². The second kappa shape index (κ2) is 7.33. The first kappa shape index (κ1) is 17.6. The van der Waals surface area contributed by atoms with E-state index in [2.05, 4.69) is 40.1 Å². The predicted molar refractivity (Wildman–Crippen MR) is 105 cm³/mol. The molecule has 1 heterocycles. The lowest BCUT2D eigenvalue weighted by Crippen LogP contribution is -3.06. The van der Waals surface area contributed by atoms with E-state index in [0.29, 0.717) is 12.1 Å². The summed E-state index contributed by atoms with van der Waals surface area (Å²) in [6.07, 6.45) is 0. The van der Waals surface area contributed by atoms with Crippen molar-refractivity contribution in [2.75, 3.05) is 32.1 Å². The van der Waals surface area contributed by atoms with E-state index in [1.54, 1.807) is 11.3 Å². The lowest BCUT2D eigenvalue weighted by Gasteiger charge is -2.20. The molecule has 3 aromatic rings. The molecule has 5 heteroatoms. The van der Waals surface area contributed by atoms with Crippen LogP contribution in [-0.4, -0.2) is 38.1 Å². The van der Waals surface area contributed by atoms with Gasteiger partial charge in [-0.2, -0.15) is 0 Å². The van der Waals surface area contributed by atoms with Crippen molar-refractivity contribution in [2.45, 2.75) is 13.8 Å². The van der Waals surface area contributed by atoms with Gasteiger partial charge < -0.3 is 4.90 Å². The van der Waals surface area contributed by atoms with Crippen LogP contribution in [0.2, 0.25) is 0 Å². The third-order valence-corrected chi connectivity index (χ3v) is 5.45. The van der Waals surface area contributed by atoms with Crippen molar-refractivity contribution in [2.24, 2.45) is 0 Å². The SMILES string of the molecule is Cc1ccc2sc(N(CC[NH+](C)C)C(=O)c3ccccc3)nc2c1C. The normalized spacial score (nSPS) is 11.2. The van der Waals surface area contributed by atoms with Crippen LogP contribution in [0.5, 0.6) is 0 Å². The zero-order valence-corrected chi connectivity index (χ0v) is 16.0. The maximum absolute atomic E-state index is 13.1. The van der Waals surface area contributed by atoms with Crippen LogP contribution in [-0.2, 0) is 0 Å². The molecule has 0 spiro atoms. The van der Waals surface area contributed by atoms with Gasteiger partial charge in [0.1, 0.15) is 0 Å². The molecule has 0 saturated carbocycles. The van der Waals surface area contributed by atoms with Crippen LogP contribution >= 0.6 is 11.3 Å². The molecule has 1 aromatic heterocycles. The second-order valence-corrected chi connectivity index (χ2v) is 7.64. The molecule has 0 bridgehead atoms. The third kappa shape index (κ3) is 3.72. The number of nitrogens with one attached hydrogen (secondary N) is 1. The van der Waals surface area contributed by atoms with Crippen LogP contribution in [0.15, 0.2) is 42.5 Å². The molecule has 0 aliphatic heterocycles. The molecule has 1 amide bonds. The minimum absolute atomic E-state index is 0.00952. The minimum atomic E-state index is 0.00952. The fourth-order valence-corrected chi connectivity index (χ4v) is 3.74. The van der Waals surface area contributed by atoms with Crippen molar-refractivity contribution in [3.05, 3.63) is 59.2 Å². The predicted octanol–water partition coefficient (Wildman–Crippen LogP) is 2.70. The van der Waals surface area contributed by atoms with E-state index < -0.39 is 0 Å². The van der Waals surface area contributed by atoms with Gasteiger partial charge in [0.2, 0.25) is 0 Å². The molecule has 0 unspecified atom stereocenters. The number of anilines is 1. The van der Waals surface area contributed by atoms with Crippen LogP contribution in [0, 0.1) is 13.8 Å². The molecule has 4 nitrogen and oxygen atoms in total. The van der Waals surface area contributed by atoms with Gasteiger partial charge in [-0.15, -0.1) is 0 Å². The lowest BCUT2D eigenvalue weighted by atomic mass is 10.1. The van der Waals surface area contributed by atoms with Crippen molar-refractivity contribution in [1.29, 1.82) is 0 Å². The number of hydrogen-bond acceptors (Lipinski definition) is 3. The Hall–Kier alpha value is -2.24. The summed E-state index contributed by atoms with van der Waals surface area (Å²) in [5.74, 6) is 0.00952. The summed E-state index contributed by atoms with van der Waals surface area (Å²) in [6.45, 7) is 5.70. The molecule has 1 N–H and O–H groups in total. The molecule has 0 fully saturated rings. The first-order chi connectivity index (χ1) is 12.0. The first-order valence-electron chi connectivity index (χ1n) is 8.50. The number of likely N-dealkylation sites (N-methyl/N-ethyl adjacent to an activating group) is 1. The number of thiazole rings is 1. The summed E-state index contributed by atoms with van der Waals surface area (Å²) in [6, 6.07) is 13.7. The van der Waals surface area contributed by atoms with Crippen molar-refractivity contribution in [3.8, 4) is 0 Å². The highest BCUT2D eigenvalue weighted by atomic mass is 32.1. The average Bonchev–Trinajstić information content (AvgIpc) is 3.03. The maximum Gasteiger partial charge on any atom is 0.260 e. The minimum Gasteiger partial charge on any atom is -0.338 e. The van der Waals surface area contributed by atoms with E-state index >= 15 is 0 Å². The van der Waals surface area contributed by atoms with Gasteiger partial charge in [-0.1, -0.05) is 35.6 Å². The number of carbonyl (C=O) groups is 1. The Bertz CT molecular complexity index is 887. The van der Waals surface area contributed by atoms with Gasteiger partial charge in [-0.05, 0) is 43.2 Å². The van der Waals surface area contributed by atoms with Crippen molar-refractivity contribution in [3.63, 3.8) is 0 Å². The van der Waals surface area contributed by atoms with Crippen LogP contribution in [0.1, 0.15) is 21.5 Å². The standard InChI is InChI=1S/C20H23N3OS/c1-14-10-11-17-18(15(14)2)21-20(25-17)23(13-12-22(3)4)19(24)16-8-6-5-7-9-16/h5-11H,12-13H2,1-4H3/p+1. The van der Waals surface area contributed by atoms with Crippen LogP contribution in [0.3, 0.4) is 0 Å². The number of rotatable bonds is 5. The topological polar surface area (TPSA) is 37.6 Å². The van der Waals surface area contributed by atoms with Gasteiger partial charge in [-0.3, -0.25) is 9.69 Å². The lowest BCUT2D eigenvalue weighted by molar-refractivity contribution is -0.856. The zero-order chi connectivity index (χ0) is 18.0. The van der Waals surface area contributed by atoms with E-state index in [1.165, 1.54) is 16.0 Å². The Morgan fingerprint density at radius 1 is 1.12 bits per heavy atom. The molecule has 0 saturated heterocycles. The molecule has 0 radical (unpaired) electrons. The highest BCUT2D eigenvalue weighted by molar-refractivity contribution is 7.22. The number of benzene rings is 2. The van der Waals surface area contributed by atoms with Crippen molar-refractivity contribution < 1.29 is 9.69 Å². The number of aryl methyl sites for hydroxylation is 2. The molecule has 0 aliphatic carbocycles. The number of quaternary nitrogens is 1. The summed E-state index contributed by atoms with van der Waals surface area (Å²) >= 11 is 1.59. The second-order valence-electron chi connectivity index (χ2n) is 6.63. The van der Waals surface area contributed by atoms with E-state index in [1.807, 2.05) is 35.2 Å². The summed E-state index contributed by atoms with van der Waals surface area (Å²) in [5.41, 5.74) is 4.11. The summed E-state index contributed by atoms with van der Waals surface area (Å²) in [4.78, 5) is 21.0. The number of fused-ring (bicyclic) bond motifs is 1. The Morgan fingerprint density at radius 3 is 2.52 bits per heavy atom. The quantitative estimate of drug-likeness (QED) is 0.765. The number of hydrogen-bond donors (Lipinski definition) is 1. The smallest absolute Gasteiger partial charge is 0.260 e. The van der Waals surface area contributed by atoms with Crippen LogP contribution in [0.4, 0.5) is 5.13 Å². The monoisotopic (exact) mass is 354 g/mol. The van der Waals surface area contributed by atoms with Crippen molar-refractivity contribution in [1.82, 2.24) is 4.98 Å². The fraction of sp³-hybridized carbons (Fsp3) is 0.300. The fourth-order valence-electron chi connectivity index (χ4n) is 2.69. The summed E-state index contributed by atoms with van der Waals surface area (Å²) in [5, 5.41) is 0.777. The Morgan fingerprint density at radius 2 is 1.84 bits per heavy atom. The molecule has 3 rings (SSSR count). The molecule has 130 valence electrons. The van der Waals surface area contributed by atoms with Crippen LogP contribution < -0.4 is 9.80 Å². The molecular weight excluding hydrogens is 330 g/mol. The van der Waals surface area contributed by atoms with Gasteiger partial charge >= 0.3 is 0 Å². The number of nitrogens with zero attached hydrogens (tertiary/aromatic N) is 2. The van der Waals surface area contributed by atoms with E-state index in [4.69, 9.17) is 4.98 Å². The largest absolute Gasteiger partial charge is 0.338 e. The number of amides is 1. The summed E-state index contributed by atoms with van der Waals surface area (Å²) < 4.78 is 1.13. The van der Waals surface area contributed by atoms with E-state index in [9.17, 15) is 4.79 Å². The van der Waals surface area contributed by atoms with Crippen molar-refractivity contribution >= 4 is 32.6 Å². The average molecular weight is 354 g/mol. The first-order valence-corrected chi connectivity index (χ1v) is 9.31. The van der Waals surface area contributed by atoms with Gasteiger partial charge in [-0.25, -0.2) is 4.98 Å². The Kier molecular flexibility index (Phi) is 5.16. The van der Waals surface area contributed by atoms with Gasteiger partial charge in [0.05, 0.1) is 37.4 Å². The van der Waals surface area contributed by atoms with Gasteiger partial charge in [0.15, 0.2) is 5.13 Å².